The Morgan fingerprint density at radius 3 is 0.960 bits per heavy atom. The zero-order valence-corrected chi connectivity index (χ0v) is 16.3. The summed E-state index contributed by atoms with van der Waals surface area (Å²) in [6, 6.07) is 0. The largest absolute Gasteiger partial charge is 0.481 e. The molecule has 0 aromatic heterocycles. The zero-order valence-electron chi connectivity index (χ0n) is 16.3. The van der Waals surface area contributed by atoms with Gasteiger partial charge in [0.2, 0.25) is 5.91 Å². The van der Waals surface area contributed by atoms with Crippen LogP contribution in [0.2, 0.25) is 0 Å². The maximum atomic E-state index is 10.6. The molecule has 4 nitrogen and oxygen atoms in total. The first-order chi connectivity index (χ1) is 12.1. The van der Waals surface area contributed by atoms with Gasteiger partial charge in [0.25, 0.3) is 0 Å². The lowest BCUT2D eigenvalue weighted by Gasteiger charge is -2.03. The maximum Gasteiger partial charge on any atom is 0.303 e. The Labute approximate surface area is 154 Å². The number of amides is 1. The lowest BCUT2D eigenvalue weighted by molar-refractivity contribution is -0.137. The highest BCUT2D eigenvalue weighted by Gasteiger charge is 1.97. The molecule has 25 heavy (non-hydrogen) atoms. The molecule has 0 unspecified atom stereocenters. The molecule has 0 saturated heterocycles. The van der Waals surface area contributed by atoms with E-state index in [0.29, 0.717) is 12.8 Å². The number of carbonyl (C=O) groups is 2. The Kier molecular flexibility index (Phi) is 18.5. The Balaban J connectivity index is 3.00. The van der Waals surface area contributed by atoms with Crippen molar-refractivity contribution in [1.82, 2.24) is 0 Å². The van der Waals surface area contributed by atoms with Gasteiger partial charge in [-0.2, -0.15) is 0 Å². The summed E-state index contributed by atoms with van der Waals surface area (Å²) in [5.74, 6) is -0.837. The molecule has 0 atom stereocenters. The van der Waals surface area contributed by atoms with Crippen LogP contribution in [0.25, 0.3) is 0 Å². The number of hydrogen-bond acceptors (Lipinski definition) is 2. The molecular weight excluding hydrogens is 314 g/mol. The van der Waals surface area contributed by atoms with Crippen molar-refractivity contribution in [2.45, 2.75) is 122 Å². The summed E-state index contributed by atoms with van der Waals surface area (Å²) in [6.07, 6.45) is 22.0. The smallest absolute Gasteiger partial charge is 0.303 e. The highest BCUT2D eigenvalue weighted by atomic mass is 16.4. The predicted molar refractivity (Wildman–Crippen MR) is 105 cm³/mol. The monoisotopic (exact) mass is 355 g/mol. The molecular formula is C21H41NO3. The van der Waals surface area contributed by atoms with E-state index in [-0.39, 0.29) is 5.91 Å². The van der Waals surface area contributed by atoms with Crippen molar-refractivity contribution in [2.24, 2.45) is 5.73 Å². The number of nitrogens with two attached hydrogens (primary N) is 1. The molecule has 0 saturated carbocycles. The topological polar surface area (TPSA) is 80.4 Å². The number of aliphatic carboxylic acids is 1. The number of primary amides is 1. The van der Waals surface area contributed by atoms with E-state index in [9.17, 15) is 9.59 Å². The molecule has 0 spiro atoms. The van der Waals surface area contributed by atoms with E-state index in [2.05, 4.69) is 0 Å². The molecule has 0 bridgehead atoms. The van der Waals surface area contributed by atoms with Crippen molar-refractivity contribution >= 4 is 11.9 Å². The summed E-state index contributed by atoms with van der Waals surface area (Å²) in [6.45, 7) is 0. The first-order valence-corrected chi connectivity index (χ1v) is 10.6. The van der Waals surface area contributed by atoms with Crippen LogP contribution < -0.4 is 5.73 Å². The van der Waals surface area contributed by atoms with Crippen molar-refractivity contribution in [2.75, 3.05) is 0 Å². The highest BCUT2D eigenvalue weighted by Crippen LogP contribution is 2.14. The molecule has 3 N–H and O–H groups in total. The molecule has 0 aliphatic rings. The highest BCUT2D eigenvalue weighted by molar-refractivity contribution is 5.73. The van der Waals surface area contributed by atoms with E-state index in [4.69, 9.17) is 10.8 Å². The van der Waals surface area contributed by atoms with E-state index in [0.717, 1.165) is 25.7 Å². The molecule has 0 aliphatic heterocycles. The fourth-order valence-electron chi connectivity index (χ4n) is 3.23. The second kappa shape index (κ2) is 19.3. The molecule has 0 radical (unpaired) electrons. The van der Waals surface area contributed by atoms with Gasteiger partial charge in [-0.05, 0) is 12.8 Å². The maximum absolute atomic E-state index is 10.6. The summed E-state index contributed by atoms with van der Waals surface area (Å²) >= 11 is 0. The number of unbranched alkanes of at least 4 members (excludes halogenated alkanes) is 16. The Morgan fingerprint density at radius 1 is 0.480 bits per heavy atom. The van der Waals surface area contributed by atoms with Crippen LogP contribution in [0.3, 0.4) is 0 Å². The lowest BCUT2D eigenvalue weighted by Crippen LogP contribution is -2.09. The van der Waals surface area contributed by atoms with Crippen LogP contribution >= 0.6 is 0 Å². The predicted octanol–water partition coefficient (Wildman–Crippen LogP) is 5.97. The van der Waals surface area contributed by atoms with Gasteiger partial charge in [0.1, 0.15) is 0 Å². The average molecular weight is 356 g/mol. The molecule has 1 amide bonds. The molecule has 0 aromatic carbocycles. The van der Waals surface area contributed by atoms with Crippen LogP contribution in [-0.2, 0) is 9.59 Å². The molecule has 4 heteroatoms. The summed E-state index contributed by atoms with van der Waals surface area (Å²) < 4.78 is 0. The average Bonchev–Trinajstić information content (AvgIpc) is 2.56. The van der Waals surface area contributed by atoms with Crippen molar-refractivity contribution in [3.05, 3.63) is 0 Å². The Hall–Kier alpha value is -1.06. The Morgan fingerprint density at radius 2 is 0.720 bits per heavy atom. The van der Waals surface area contributed by atoms with Crippen LogP contribution in [0, 0.1) is 0 Å². The fraction of sp³-hybridized carbons (Fsp3) is 0.905. The van der Waals surface area contributed by atoms with Crippen molar-refractivity contribution in [1.29, 1.82) is 0 Å². The van der Waals surface area contributed by atoms with Crippen LogP contribution in [-0.4, -0.2) is 17.0 Å². The van der Waals surface area contributed by atoms with Crippen LogP contribution in [0.4, 0.5) is 0 Å². The van der Waals surface area contributed by atoms with Gasteiger partial charge in [-0.25, -0.2) is 0 Å². The molecule has 0 aliphatic carbocycles. The number of carboxylic acids is 1. The standard InChI is InChI=1S/C21H41NO3/c22-20(23)18-16-14-12-10-8-6-4-2-1-3-5-7-9-11-13-15-17-19-21(24)25/h1-19H2,(H2,22,23)(H,24,25). The first kappa shape index (κ1) is 23.9. The quantitative estimate of drug-likeness (QED) is 0.264. The minimum atomic E-state index is -0.666. The third-order valence-electron chi connectivity index (χ3n) is 4.81. The van der Waals surface area contributed by atoms with Gasteiger partial charge in [0.05, 0.1) is 0 Å². The Bertz CT molecular complexity index is 288. The number of carboxylic acid groups (broad SMARTS) is 1. The first-order valence-electron chi connectivity index (χ1n) is 10.6. The van der Waals surface area contributed by atoms with Crippen LogP contribution in [0.1, 0.15) is 122 Å². The van der Waals surface area contributed by atoms with Crippen molar-refractivity contribution in [3.8, 4) is 0 Å². The number of carbonyl (C=O) groups excluding carboxylic acids is 1. The van der Waals surface area contributed by atoms with E-state index in [1.165, 1.54) is 83.5 Å². The fourth-order valence-corrected chi connectivity index (χ4v) is 3.23. The van der Waals surface area contributed by atoms with Gasteiger partial charge in [-0.15, -0.1) is 0 Å². The summed E-state index contributed by atoms with van der Waals surface area (Å²) in [5.41, 5.74) is 5.12. The second-order valence-electron chi connectivity index (χ2n) is 7.37. The van der Waals surface area contributed by atoms with Crippen LogP contribution in [0.15, 0.2) is 0 Å². The minimum absolute atomic E-state index is 0.171. The number of rotatable bonds is 20. The normalized spacial score (nSPS) is 10.9. The van der Waals surface area contributed by atoms with Crippen LogP contribution in [0.5, 0.6) is 0 Å². The van der Waals surface area contributed by atoms with Crippen molar-refractivity contribution in [3.63, 3.8) is 0 Å². The lowest BCUT2D eigenvalue weighted by atomic mass is 10.0. The van der Waals surface area contributed by atoms with Gasteiger partial charge in [0, 0.05) is 12.8 Å². The van der Waals surface area contributed by atoms with Gasteiger partial charge < -0.3 is 10.8 Å². The summed E-state index contributed by atoms with van der Waals surface area (Å²) in [7, 11) is 0. The second-order valence-corrected chi connectivity index (χ2v) is 7.37. The van der Waals surface area contributed by atoms with Gasteiger partial charge in [-0.1, -0.05) is 96.3 Å². The molecule has 0 heterocycles. The minimum Gasteiger partial charge on any atom is -0.481 e. The van der Waals surface area contributed by atoms with Gasteiger partial charge in [-0.3, -0.25) is 9.59 Å². The third-order valence-corrected chi connectivity index (χ3v) is 4.81. The van der Waals surface area contributed by atoms with E-state index in [1.54, 1.807) is 0 Å². The SMILES string of the molecule is NC(=O)CCCCCCCCCCCCCCCCCCCC(=O)O. The van der Waals surface area contributed by atoms with E-state index < -0.39 is 5.97 Å². The number of hydrogen-bond donors (Lipinski definition) is 2. The molecule has 148 valence electrons. The van der Waals surface area contributed by atoms with Crippen molar-refractivity contribution < 1.29 is 14.7 Å². The molecule has 0 fully saturated rings. The summed E-state index contributed by atoms with van der Waals surface area (Å²) in [5, 5.41) is 8.55. The molecule has 0 rings (SSSR count). The van der Waals surface area contributed by atoms with Gasteiger partial charge >= 0.3 is 5.97 Å². The van der Waals surface area contributed by atoms with E-state index >= 15 is 0 Å². The van der Waals surface area contributed by atoms with Gasteiger partial charge in [0.15, 0.2) is 0 Å². The molecule has 0 aromatic rings. The van der Waals surface area contributed by atoms with E-state index in [1.807, 2.05) is 0 Å². The third kappa shape index (κ3) is 22.9. The summed E-state index contributed by atoms with van der Waals surface area (Å²) in [4.78, 5) is 21.0. The zero-order chi connectivity index (χ0) is 18.6.